The summed E-state index contributed by atoms with van der Waals surface area (Å²) < 4.78 is 38.5. The first-order valence-corrected chi connectivity index (χ1v) is 13.5. The van der Waals surface area contributed by atoms with E-state index in [1.807, 2.05) is 0 Å². The van der Waals surface area contributed by atoms with Crippen molar-refractivity contribution in [2.45, 2.75) is 0 Å². The largest absolute Gasteiger partial charge is 0.457 e. The lowest BCUT2D eigenvalue weighted by molar-refractivity contribution is 0.0671. The van der Waals surface area contributed by atoms with Crippen molar-refractivity contribution >= 4 is 23.5 Å². The van der Waals surface area contributed by atoms with Crippen LogP contribution in [0.5, 0.6) is 23.0 Å². The van der Waals surface area contributed by atoms with E-state index in [-0.39, 0.29) is 17.8 Å². The maximum absolute atomic E-state index is 13.4. The zero-order valence-electron chi connectivity index (χ0n) is 23.2. The van der Waals surface area contributed by atoms with Crippen LogP contribution in [0.4, 0.5) is 19.3 Å². The van der Waals surface area contributed by atoms with Gasteiger partial charge in [-0.05, 0) is 72.8 Å². The van der Waals surface area contributed by atoms with Crippen LogP contribution < -0.4 is 20.1 Å². The summed E-state index contributed by atoms with van der Waals surface area (Å²) in [5, 5.41) is 5.41. The van der Waals surface area contributed by atoms with Gasteiger partial charge in [-0.1, -0.05) is 0 Å². The third kappa shape index (κ3) is 7.45. The van der Waals surface area contributed by atoms with Crippen LogP contribution in [0.1, 0.15) is 20.7 Å². The van der Waals surface area contributed by atoms with Crippen molar-refractivity contribution in [2.24, 2.45) is 0 Å². The number of hydrogen-bond donors (Lipinski definition) is 2. The van der Waals surface area contributed by atoms with E-state index in [9.17, 15) is 23.2 Å². The molecule has 0 saturated carbocycles. The number of carbonyl (C=O) groups is 3. The maximum Gasteiger partial charge on any atom is 0.321 e. The van der Waals surface area contributed by atoms with Crippen molar-refractivity contribution in [1.82, 2.24) is 15.1 Å². The molecule has 43 heavy (non-hydrogen) atoms. The minimum atomic E-state index is -0.419. The van der Waals surface area contributed by atoms with E-state index in [0.29, 0.717) is 66.0 Å². The second-order valence-corrected chi connectivity index (χ2v) is 9.67. The average Bonchev–Trinajstić information content (AvgIpc) is 3.02. The molecule has 1 fully saturated rings. The first-order valence-electron chi connectivity index (χ1n) is 13.5. The third-order valence-corrected chi connectivity index (χ3v) is 6.71. The number of rotatable bonds is 7. The number of halogens is 2. The van der Waals surface area contributed by atoms with Crippen molar-refractivity contribution in [2.75, 3.05) is 38.5 Å². The molecule has 0 aliphatic carbocycles. The Morgan fingerprint density at radius 3 is 1.63 bits per heavy atom. The van der Waals surface area contributed by atoms with Crippen molar-refractivity contribution in [3.05, 3.63) is 114 Å². The molecule has 0 spiro atoms. The quantitative estimate of drug-likeness (QED) is 0.281. The lowest BCUT2D eigenvalue weighted by Crippen LogP contribution is -2.51. The standard InChI is InChI=1S/C32H28F2N4O5/c1-35-30(39)21-4-10-26(11-5-21)42-28-18-25(19-29(20-28)43-27-12-8-24(34)9-13-27)36-32(41)38-16-14-37(15-17-38)31(40)22-2-6-23(33)7-3-22/h2-13,18-20H,14-17H2,1H3,(H,35,39)(H,36,41). The minimum Gasteiger partial charge on any atom is -0.457 e. The highest BCUT2D eigenvalue weighted by Crippen LogP contribution is 2.33. The first-order chi connectivity index (χ1) is 20.8. The number of ether oxygens (including phenoxy) is 2. The molecule has 220 valence electrons. The zero-order valence-corrected chi connectivity index (χ0v) is 23.2. The molecule has 1 heterocycles. The number of nitrogens with one attached hydrogen (secondary N) is 2. The highest BCUT2D eigenvalue weighted by atomic mass is 19.1. The average molecular weight is 587 g/mol. The van der Waals surface area contributed by atoms with Crippen LogP contribution in [0.25, 0.3) is 0 Å². The predicted molar refractivity (Wildman–Crippen MR) is 156 cm³/mol. The van der Waals surface area contributed by atoms with Gasteiger partial charge in [-0.15, -0.1) is 0 Å². The van der Waals surface area contributed by atoms with Gasteiger partial charge < -0.3 is 29.9 Å². The van der Waals surface area contributed by atoms with Crippen molar-refractivity contribution in [3.63, 3.8) is 0 Å². The zero-order chi connectivity index (χ0) is 30.3. The van der Waals surface area contributed by atoms with E-state index < -0.39 is 11.6 Å². The molecule has 4 amide bonds. The Kier molecular flexibility index (Phi) is 8.80. The van der Waals surface area contributed by atoms with Crippen LogP contribution in [-0.2, 0) is 0 Å². The van der Waals surface area contributed by atoms with Crippen LogP contribution in [0.2, 0.25) is 0 Å². The van der Waals surface area contributed by atoms with Crippen LogP contribution in [0.3, 0.4) is 0 Å². The molecule has 2 N–H and O–H groups in total. The summed E-state index contributed by atoms with van der Waals surface area (Å²) in [7, 11) is 1.54. The Bertz CT molecular complexity index is 1600. The normalized spacial score (nSPS) is 12.8. The molecule has 0 atom stereocenters. The highest BCUT2D eigenvalue weighted by Gasteiger charge is 2.25. The molecule has 11 heteroatoms. The van der Waals surface area contributed by atoms with Crippen molar-refractivity contribution < 1.29 is 32.6 Å². The van der Waals surface area contributed by atoms with Gasteiger partial charge in [0.25, 0.3) is 11.8 Å². The number of amides is 4. The summed E-state index contributed by atoms with van der Waals surface area (Å²) in [4.78, 5) is 41.0. The Labute approximate surface area is 246 Å². The molecule has 4 aromatic rings. The molecule has 1 saturated heterocycles. The Morgan fingerprint density at radius 2 is 1.09 bits per heavy atom. The second kappa shape index (κ2) is 13.0. The van der Waals surface area contributed by atoms with Gasteiger partial charge in [0.05, 0.1) is 0 Å². The van der Waals surface area contributed by atoms with Crippen LogP contribution >= 0.6 is 0 Å². The summed E-state index contributed by atoms with van der Waals surface area (Å²) in [5.41, 5.74) is 1.23. The number of piperazine rings is 1. The fourth-order valence-corrected chi connectivity index (χ4v) is 4.45. The van der Waals surface area contributed by atoms with E-state index in [4.69, 9.17) is 9.47 Å². The van der Waals surface area contributed by atoms with Gasteiger partial charge in [0.15, 0.2) is 0 Å². The molecule has 1 aliphatic rings. The molecular weight excluding hydrogens is 558 g/mol. The summed E-state index contributed by atoms with van der Waals surface area (Å²) >= 11 is 0. The number of benzene rings is 4. The summed E-state index contributed by atoms with van der Waals surface area (Å²) in [5.74, 6) is 0.226. The monoisotopic (exact) mass is 586 g/mol. The third-order valence-electron chi connectivity index (χ3n) is 6.71. The lowest BCUT2D eigenvalue weighted by atomic mass is 10.2. The van der Waals surface area contributed by atoms with Gasteiger partial charge in [0.1, 0.15) is 34.6 Å². The molecule has 1 aliphatic heterocycles. The van der Waals surface area contributed by atoms with Gasteiger partial charge in [0, 0.05) is 68.2 Å². The maximum atomic E-state index is 13.4. The SMILES string of the molecule is CNC(=O)c1ccc(Oc2cc(NC(=O)N3CCN(C(=O)c4ccc(F)cc4)CC3)cc(Oc3ccc(F)cc3)c2)cc1. The van der Waals surface area contributed by atoms with E-state index in [0.717, 1.165) is 0 Å². The van der Waals surface area contributed by atoms with Gasteiger partial charge >= 0.3 is 6.03 Å². The van der Waals surface area contributed by atoms with E-state index in [2.05, 4.69) is 10.6 Å². The molecular formula is C32H28F2N4O5. The summed E-state index contributed by atoms with van der Waals surface area (Å²) in [6.07, 6.45) is 0. The Hall–Kier alpha value is -5.45. The first kappa shape index (κ1) is 29.1. The fourth-order valence-electron chi connectivity index (χ4n) is 4.45. The Balaban J connectivity index is 1.29. The molecule has 0 bridgehead atoms. The van der Waals surface area contributed by atoms with E-state index in [1.54, 1.807) is 59.3 Å². The number of hydrogen-bond acceptors (Lipinski definition) is 5. The fraction of sp³-hybridized carbons (Fsp3) is 0.156. The second-order valence-electron chi connectivity index (χ2n) is 9.67. The molecule has 0 radical (unpaired) electrons. The predicted octanol–water partition coefficient (Wildman–Crippen LogP) is 5.90. The molecule has 4 aromatic carbocycles. The van der Waals surface area contributed by atoms with E-state index in [1.165, 1.54) is 48.5 Å². The van der Waals surface area contributed by atoms with Gasteiger partial charge in [-0.25, -0.2) is 13.6 Å². The topological polar surface area (TPSA) is 100 Å². The van der Waals surface area contributed by atoms with Crippen molar-refractivity contribution in [3.8, 4) is 23.0 Å². The highest BCUT2D eigenvalue weighted by molar-refractivity contribution is 5.95. The Morgan fingerprint density at radius 1 is 0.628 bits per heavy atom. The number of carbonyl (C=O) groups excluding carboxylic acids is 3. The molecule has 9 nitrogen and oxygen atoms in total. The van der Waals surface area contributed by atoms with Crippen LogP contribution in [0, 0.1) is 11.6 Å². The van der Waals surface area contributed by atoms with E-state index >= 15 is 0 Å². The van der Waals surface area contributed by atoms with Gasteiger partial charge in [-0.2, -0.15) is 0 Å². The van der Waals surface area contributed by atoms with Crippen molar-refractivity contribution in [1.29, 1.82) is 0 Å². The van der Waals surface area contributed by atoms with Crippen LogP contribution in [0.15, 0.2) is 91.0 Å². The molecule has 5 rings (SSSR count). The number of urea groups is 1. The number of anilines is 1. The lowest BCUT2D eigenvalue weighted by Gasteiger charge is -2.34. The number of nitrogens with zero attached hydrogens (tertiary/aromatic N) is 2. The van der Waals surface area contributed by atoms with Gasteiger partial charge in [0.2, 0.25) is 0 Å². The molecule has 0 unspecified atom stereocenters. The molecule has 0 aromatic heterocycles. The summed E-state index contributed by atoms with van der Waals surface area (Å²) in [6.45, 7) is 1.23. The minimum absolute atomic E-state index is 0.226. The smallest absolute Gasteiger partial charge is 0.321 e. The summed E-state index contributed by atoms with van der Waals surface area (Å²) in [6, 6.07) is 21.8. The van der Waals surface area contributed by atoms with Crippen LogP contribution in [-0.4, -0.2) is 60.9 Å². The van der Waals surface area contributed by atoms with Gasteiger partial charge in [-0.3, -0.25) is 9.59 Å².